The van der Waals surface area contributed by atoms with Crippen LogP contribution in [0.5, 0.6) is 0 Å². The van der Waals surface area contributed by atoms with E-state index in [1.165, 1.54) is 93.2 Å². The summed E-state index contributed by atoms with van der Waals surface area (Å²) in [6.45, 7) is 0. The van der Waals surface area contributed by atoms with Crippen LogP contribution in [0.25, 0.3) is 121 Å². The number of hydrogen-bond acceptors (Lipinski definition) is 1. The fourth-order valence-corrected chi connectivity index (χ4v) is 9.66. The average Bonchev–Trinajstić information content (AvgIpc) is 3.63. The highest BCUT2D eigenvalue weighted by Crippen LogP contribution is 2.56. The maximum absolute atomic E-state index is 5.70. The summed E-state index contributed by atoms with van der Waals surface area (Å²) >= 11 is 0. The molecule has 1 heterocycles. The first kappa shape index (κ1) is 32.6. The molecule has 0 bridgehead atoms. The fourth-order valence-electron chi connectivity index (χ4n) is 9.66. The van der Waals surface area contributed by atoms with Crippen LogP contribution in [0.1, 0.15) is 0 Å². The van der Waals surface area contributed by atoms with E-state index in [9.17, 15) is 0 Å². The summed E-state index contributed by atoms with van der Waals surface area (Å²) < 4.78 is 0. The minimum atomic E-state index is 0.988. The summed E-state index contributed by atoms with van der Waals surface area (Å²) in [5.74, 6) is 0. The molecule has 0 radical (unpaired) electrons. The Morgan fingerprint density at radius 3 is 1.31 bits per heavy atom. The van der Waals surface area contributed by atoms with Crippen LogP contribution < -0.4 is 0 Å². The van der Waals surface area contributed by atoms with Crippen LogP contribution in [0.4, 0.5) is 0 Å². The van der Waals surface area contributed by atoms with Gasteiger partial charge in [0.05, 0.1) is 11.4 Å². The summed E-state index contributed by atoms with van der Waals surface area (Å²) in [7, 11) is 0. The summed E-state index contributed by atoms with van der Waals surface area (Å²) in [5, 5.41) is 10.0. The predicted molar refractivity (Wildman–Crippen MR) is 246 cm³/mol. The van der Waals surface area contributed by atoms with Crippen molar-refractivity contribution in [3.63, 3.8) is 0 Å². The predicted octanol–water partition coefficient (Wildman–Crippen LogP) is 15.7. The first-order chi connectivity index (χ1) is 28.8. The van der Waals surface area contributed by atoms with Gasteiger partial charge in [-0.25, -0.2) is 4.98 Å². The van der Waals surface area contributed by atoms with E-state index in [4.69, 9.17) is 4.98 Å². The molecule has 0 fully saturated rings. The zero-order valence-electron chi connectivity index (χ0n) is 31.7. The highest BCUT2D eigenvalue weighted by Gasteiger charge is 2.31. The molecule has 1 aliphatic carbocycles. The molecule has 0 saturated carbocycles. The smallest absolute Gasteiger partial charge is 0.0794 e. The van der Waals surface area contributed by atoms with Gasteiger partial charge in [0, 0.05) is 27.8 Å². The number of nitrogens with zero attached hydrogens (tertiary/aromatic N) is 1. The lowest BCUT2D eigenvalue weighted by molar-refractivity contribution is 1.33. The minimum Gasteiger partial charge on any atom is -0.246 e. The largest absolute Gasteiger partial charge is 0.246 e. The highest BCUT2D eigenvalue weighted by molar-refractivity contribution is 6.23. The Hall–Kier alpha value is -7.61. The standard InChI is InChI=1S/C57H35N/c1-3-16-38(17-4-1)53-54-48-27-13-21-37-22-14-28-49(51(37)48)55(54)57(40-18-5-2-6-19-40)58-56(53)41-32-30-39(31-33-41)50-44-23-9-11-25-46(44)52(47-26-12-10-24-45(47)50)43-34-29-36-15-7-8-20-42(36)35-43/h1-35H. The van der Waals surface area contributed by atoms with Crippen LogP contribution in [-0.4, -0.2) is 4.98 Å². The van der Waals surface area contributed by atoms with Crippen molar-refractivity contribution < 1.29 is 0 Å². The van der Waals surface area contributed by atoms with Crippen molar-refractivity contribution in [2.75, 3.05) is 0 Å². The van der Waals surface area contributed by atoms with Crippen LogP contribution in [0, 0.1) is 0 Å². The summed E-state index contributed by atoms with van der Waals surface area (Å²) in [6.07, 6.45) is 0. The molecule has 0 atom stereocenters. The van der Waals surface area contributed by atoms with E-state index in [1.54, 1.807) is 0 Å². The van der Waals surface area contributed by atoms with Crippen molar-refractivity contribution in [2.45, 2.75) is 0 Å². The molecule has 11 aromatic rings. The SMILES string of the molecule is c1ccc(-c2nc(-c3ccc(-c4c5ccccc5c(-c5ccc6ccccc6c5)c5ccccc45)cc3)c(-c3ccccc3)c3c2-c2cccc4cccc-3c24)cc1. The van der Waals surface area contributed by atoms with Crippen LogP contribution in [0.15, 0.2) is 212 Å². The van der Waals surface area contributed by atoms with E-state index in [-0.39, 0.29) is 0 Å². The maximum atomic E-state index is 5.70. The third kappa shape index (κ3) is 4.94. The first-order valence-electron chi connectivity index (χ1n) is 20.0. The molecule has 1 aromatic heterocycles. The van der Waals surface area contributed by atoms with Crippen molar-refractivity contribution in [1.29, 1.82) is 0 Å². The Balaban J connectivity index is 1.10. The fraction of sp³-hybridized carbons (Fsp3) is 0. The van der Waals surface area contributed by atoms with Gasteiger partial charge in [-0.05, 0) is 88.1 Å². The average molecular weight is 734 g/mol. The molecule has 1 aliphatic rings. The van der Waals surface area contributed by atoms with Gasteiger partial charge in [-0.3, -0.25) is 0 Å². The normalized spacial score (nSPS) is 11.8. The molecule has 10 aromatic carbocycles. The van der Waals surface area contributed by atoms with E-state index in [1.807, 2.05) is 0 Å². The minimum absolute atomic E-state index is 0.988. The van der Waals surface area contributed by atoms with Crippen molar-refractivity contribution in [3.8, 4) is 78.1 Å². The van der Waals surface area contributed by atoms with Gasteiger partial charge in [-0.2, -0.15) is 0 Å². The second kappa shape index (κ2) is 13.0. The Bertz CT molecular complexity index is 3350. The summed E-state index contributed by atoms with van der Waals surface area (Å²) in [4.78, 5) is 5.70. The molecule has 0 N–H and O–H groups in total. The number of aromatic nitrogens is 1. The van der Waals surface area contributed by atoms with Crippen molar-refractivity contribution >= 4 is 43.1 Å². The molecule has 12 rings (SSSR count). The highest BCUT2D eigenvalue weighted by atomic mass is 14.7. The topological polar surface area (TPSA) is 12.9 Å². The molecule has 58 heavy (non-hydrogen) atoms. The summed E-state index contributed by atoms with van der Waals surface area (Å²) in [5.41, 5.74) is 16.5. The van der Waals surface area contributed by atoms with Gasteiger partial charge < -0.3 is 0 Å². The molecule has 0 aliphatic heterocycles. The van der Waals surface area contributed by atoms with E-state index < -0.39 is 0 Å². The van der Waals surface area contributed by atoms with E-state index in [0.717, 1.165) is 28.1 Å². The molecule has 268 valence electrons. The third-order valence-electron chi connectivity index (χ3n) is 12.2. The van der Waals surface area contributed by atoms with Crippen LogP contribution in [-0.2, 0) is 0 Å². The lowest BCUT2D eigenvalue weighted by atomic mass is 9.85. The quantitative estimate of drug-likeness (QED) is 0.161. The molecule has 1 heteroatoms. The Morgan fingerprint density at radius 2 is 0.672 bits per heavy atom. The van der Waals surface area contributed by atoms with Gasteiger partial charge in [0.25, 0.3) is 0 Å². The molecule has 0 spiro atoms. The Morgan fingerprint density at radius 1 is 0.241 bits per heavy atom. The molecule has 0 unspecified atom stereocenters. The third-order valence-corrected chi connectivity index (χ3v) is 12.2. The lowest BCUT2D eigenvalue weighted by Gasteiger charge is -2.20. The van der Waals surface area contributed by atoms with E-state index in [0.29, 0.717) is 0 Å². The Kier molecular flexibility index (Phi) is 7.30. The first-order valence-corrected chi connectivity index (χ1v) is 20.0. The molecular formula is C57H35N. The van der Waals surface area contributed by atoms with Gasteiger partial charge in [0.15, 0.2) is 0 Å². The molecule has 0 amide bonds. The number of hydrogen-bond donors (Lipinski definition) is 0. The number of benzene rings is 10. The van der Waals surface area contributed by atoms with Gasteiger partial charge in [0.2, 0.25) is 0 Å². The van der Waals surface area contributed by atoms with Crippen LogP contribution in [0.2, 0.25) is 0 Å². The number of pyridine rings is 1. The molecule has 0 saturated heterocycles. The van der Waals surface area contributed by atoms with Crippen LogP contribution in [0.3, 0.4) is 0 Å². The van der Waals surface area contributed by atoms with Crippen molar-refractivity contribution in [2.24, 2.45) is 0 Å². The maximum Gasteiger partial charge on any atom is 0.0794 e. The van der Waals surface area contributed by atoms with Gasteiger partial charge in [-0.1, -0.05) is 206 Å². The van der Waals surface area contributed by atoms with Gasteiger partial charge >= 0.3 is 0 Å². The van der Waals surface area contributed by atoms with Crippen molar-refractivity contribution in [1.82, 2.24) is 4.98 Å². The summed E-state index contributed by atoms with van der Waals surface area (Å²) in [6, 6.07) is 77.5. The number of rotatable bonds is 5. The van der Waals surface area contributed by atoms with E-state index in [2.05, 4.69) is 212 Å². The van der Waals surface area contributed by atoms with Gasteiger partial charge in [0.1, 0.15) is 0 Å². The van der Waals surface area contributed by atoms with Crippen LogP contribution >= 0.6 is 0 Å². The molecular weight excluding hydrogens is 699 g/mol. The van der Waals surface area contributed by atoms with Gasteiger partial charge in [-0.15, -0.1) is 0 Å². The molecule has 1 nitrogen and oxygen atoms in total. The van der Waals surface area contributed by atoms with E-state index >= 15 is 0 Å². The van der Waals surface area contributed by atoms with Crippen molar-refractivity contribution in [3.05, 3.63) is 212 Å². The Labute approximate surface area is 337 Å². The second-order valence-corrected chi connectivity index (χ2v) is 15.4. The zero-order chi connectivity index (χ0) is 38.2. The lowest BCUT2D eigenvalue weighted by Crippen LogP contribution is -1.98. The second-order valence-electron chi connectivity index (χ2n) is 15.4. The monoisotopic (exact) mass is 733 g/mol. The zero-order valence-corrected chi connectivity index (χ0v) is 31.7. The number of fused-ring (bicyclic) bond motifs is 6.